The molecule has 1 atom stereocenters. The monoisotopic (exact) mass is 343 g/mol. The van der Waals surface area contributed by atoms with Gasteiger partial charge in [0.05, 0.1) is 13.2 Å². The van der Waals surface area contributed by atoms with Crippen molar-refractivity contribution in [1.29, 1.82) is 0 Å². The zero-order valence-corrected chi connectivity index (χ0v) is 15.4. The largest absolute Gasteiger partial charge is 0.490 e. The van der Waals surface area contributed by atoms with E-state index in [9.17, 15) is 5.11 Å². The van der Waals surface area contributed by atoms with Crippen LogP contribution in [-0.4, -0.2) is 24.4 Å². The highest BCUT2D eigenvalue weighted by Crippen LogP contribution is 2.29. The lowest BCUT2D eigenvalue weighted by atomic mass is 10.1. The maximum Gasteiger partial charge on any atom is 0.161 e. The number of aliphatic hydroxyl groups excluding tert-OH is 1. The minimum atomic E-state index is 0.118. The van der Waals surface area contributed by atoms with Crippen LogP contribution in [0.1, 0.15) is 37.0 Å². The van der Waals surface area contributed by atoms with Crippen LogP contribution in [0.5, 0.6) is 11.5 Å². The number of benzene rings is 2. The zero-order chi connectivity index (χ0) is 18.1. The fraction of sp³-hybridized carbons (Fsp3) is 0.429. The molecule has 2 aromatic rings. The molecule has 0 heterocycles. The molecule has 0 aliphatic carbocycles. The molecular formula is C21H29NO3. The lowest BCUT2D eigenvalue weighted by Gasteiger charge is -2.16. The Hall–Kier alpha value is -2.04. The highest BCUT2D eigenvalue weighted by molar-refractivity contribution is 5.43. The second-order valence-electron chi connectivity index (χ2n) is 6.10. The molecule has 2 aromatic carbocycles. The third-order valence-electron chi connectivity index (χ3n) is 4.26. The first-order chi connectivity index (χ1) is 12.2. The van der Waals surface area contributed by atoms with Crippen molar-refractivity contribution in [2.75, 3.05) is 13.2 Å². The Bertz CT molecular complexity index is 653. The number of rotatable bonds is 10. The molecule has 0 bridgehead atoms. The van der Waals surface area contributed by atoms with E-state index in [1.54, 1.807) is 0 Å². The number of hydrogen-bond acceptors (Lipinski definition) is 4. The van der Waals surface area contributed by atoms with E-state index in [1.807, 2.05) is 37.3 Å². The number of aliphatic hydroxyl groups is 1. The maximum absolute atomic E-state index is 9.28. The van der Waals surface area contributed by atoms with Gasteiger partial charge in [-0.2, -0.15) is 0 Å². The summed E-state index contributed by atoms with van der Waals surface area (Å²) in [6, 6.07) is 14.3. The SMILES string of the molecule is CCOc1cc(CN[C@H](CC)CO)ccc1OCc1ccccc1C. The summed E-state index contributed by atoms with van der Waals surface area (Å²) in [4.78, 5) is 0. The van der Waals surface area contributed by atoms with E-state index in [2.05, 4.69) is 31.3 Å². The van der Waals surface area contributed by atoms with E-state index in [0.717, 1.165) is 23.5 Å². The first-order valence-electron chi connectivity index (χ1n) is 8.95. The first-order valence-corrected chi connectivity index (χ1v) is 8.95. The van der Waals surface area contributed by atoms with Crippen LogP contribution in [0.4, 0.5) is 0 Å². The second-order valence-corrected chi connectivity index (χ2v) is 6.10. The van der Waals surface area contributed by atoms with Gasteiger partial charge in [-0.25, -0.2) is 0 Å². The summed E-state index contributed by atoms with van der Waals surface area (Å²) in [5.41, 5.74) is 3.50. The van der Waals surface area contributed by atoms with Gasteiger partial charge in [0, 0.05) is 12.6 Å². The van der Waals surface area contributed by atoms with Crippen molar-refractivity contribution in [1.82, 2.24) is 5.32 Å². The van der Waals surface area contributed by atoms with Crippen molar-refractivity contribution in [3.05, 3.63) is 59.2 Å². The molecule has 4 heteroatoms. The summed E-state index contributed by atoms with van der Waals surface area (Å²) >= 11 is 0. The minimum Gasteiger partial charge on any atom is -0.490 e. The van der Waals surface area contributed by atoms with Gasteiger partial charge in [0.1, 0.15) is 6.61 Å². The average molecular weight is 343 g/mol. The molecule has 0 fully saturated rings. The Balaban J connectivity index is 2.06. The highest BCUT2D eigenvalue weighted by Gasteiger charge is 2.09. The second kappa shape index (κ2) is 10.1. The van der Waals surface area contributed by atoms with Gasteiger partial charge in [-0.3, -0.25) is 0 Å². The molecule has 2 rings (SSSR count). The fourth-order valence-electron chi connectivity index (χ4n) is 2.58. The molecule has 2 N–H and O–H groups in total. The summed E-state index contributed by atoms with van der Waals surface area (Å²) in [6.07, 6.45) is 0.895. The topological polar surface area (TPSA) is 50.7 Å². The molecule has 0 radical (unpaired) electrons. The van der Waals surface area contributed by atoms with Crippen LogP contribution in [0.2, 0.25) is 0 Å². The van der Waals surface area contributed by atoms with E-state index in [1.165, 1.54) is 11.1 Å². The first kappa shape index (κ1) is 19.3. The molecule has 0 amide bonds. The molecule has 0 spiro atoms. The Morgan fingerprint density at radius 1 is 1.04 bits per heavy atom. The van der Waals surface area contributed by atoms with Gasteiger partial charge in [-0.1, -0.05) is 37.3 Å². The van der Waals surface area contributed by atoms with Crippen molar-refractivity contribution < 1.29 is 14.6 Å². The summed E-state index contributed by atoms with van der Waals surface area (Å²) in [7, 11) is 0. The van der Waals surface area contributed by atoms with Crippen molar-refractivity contribution in [3.63, 3.8) is 0 Å². The Kier molecular flexibility index (Phi) is 7.76. The van der Waals surface area contributed by atoms with Gasteiger partial charge in [-0.05, 0) is 49.1 Å². The van der Waals surface area contributed by atoms with Crippen LogP contribution in [-0.2, 0) is 13.2 Å². The van der Waals surface area contributed by atoms with E-state index in [4.69, 9.17) is 9.47 Å². The smallest absolute Gasteiger partial charge is 0.161 e. The van der Waals surface area contributed by atoms with E-state index < -0.39 is 0 Å². The van der Waals surface area contributed by atoms with Gasteiger partial charge in [0.25, 0.3) is 0 Å². The van der Waals surface area contributed by atoms with Crippen molar-refractivity contribution in [3.8, 4) is 11.5 Å². The third-order valence-corrected chi connectivity index (χ3v) is 4.26. The normalized spacial score (nSPS) is 12.0. The molecule has 0 aromatic heterocycles. The van der Waals surface area contributed by atoms with Gasteiger partial charge in [-0.15, -0.1) is 0 Å². The molecule has 25 heavy (non-hydrogen) atoms. The molecule has 0 unspecified atom stereocenters. The van der Waals surface area contributed by atoms with Crippen LogP contribution < -0.4 is 14.8 Å². The standard InChI is InChI=1S/C21H29NO3/c1-4-19(14-23)22-13-17-10-11-20(21(12-17)24-5-2)25-15-18-9-7-6-8-16(18)3/h6-12,19,22-23H,4-5,13-15H2,1-3H3/t19-/m1/s1. The van der Waals surface area contributed by atoms with Gasteiger partial charge in [0.15, 0.2) is 11.5 Å². The van der Waals surface area contributed by atoms with Crippen molar-refractivity contribution in [2.45, 2.75) is 46.4 Å². The summed E-state index contributed by atoms with van der Waals surface area (Å²) in [6.45, 7) is 8.06. The molecular weight excluding hydrogens is 314 g/mol. The average Bonchev–Trinajstić information content (AvgIpc) is 2.63. The van der Waals surface area contributed by atoms with Gasteiger partial charge < -0.3 is 19.9 Å². The van der Waals surface area contributed by atoms with Crippen LogP contribution in [0.15, 0.2) is 42.5 Å². The van der Waals surface area contributed by atoms with Gasteiger partial charge in [0.2, 0.25) is 0 Å². The lowest BCUT2D eigenvalue weighted by molar-refractivity contribution is 0.238. The lowest BCUT2D eigenvalue weighted by Crippen LogP contribution is -2.31. The van der Waals surface area contributed by atoms with Crippen molar-refractivity contribution in [2.24, 2.45) is 0 Å². The number of aryl methyl sites for hydroxylation is 1. The Morgan fingerprint density at radius 2 is 1.84 bits per heavy atom. The Labute approximate surface area is 150 Å². The third kappa shape index (κ3) is 5.76. The van der Waals surface area contributed by atoms with Crippen molar-refractivity contribution >= 4 is 0 Å². The van der Waals surface area contributed by atoms with E-state index in [0.29, 0.717) is 19.8 Å². The molecule has 0 aliphatic rings. The van der Waals surface area contributed by atoms with E-state index in [-0.39, 0.29) is 12.6 Å². The molecule has 0 saturated heterocycles. The Morgan fingerprint density at radius 3 is 2.52 bits per heavy atom. The predicted octanol–water partition coefficient (Wildman–Crippen LogP) is 3.83. The van der Waals surface area contributed by atoms with Crippen LogP contribution in [0, 0.1) is 6.92 Å². The molecule has 0 saturated carbocycles. The zero-order valence-electron chi connectivity index (χ0n) is 15.4. The van der Waals surface area contributed by atoms with Crippen LogP contribution >= 0.6 is 0 Å². The minimum absolute atomic E-state index is 0.118. The predicted molar refractivity (Wildman–Crippen MR) is 101 cm³/mol. The highest BCUT2D eigenvalue weighted by atomic mass is 16.5. The molecule has 136 valence electrons. The summed E-state index contributed by atoms with van der Waals surface area (Å²) in [5, 5.41) is 12.6. The quantitative estimate of drug-likeness (QED) is 0.688. The summed E-state index contributed by atoms with van der Waals surface area (Å²) in [5.74, 6) is 1.51. The maximum atomic E-state index is 9.28. The molecule has 0 aliphatic heterocycles. The van der Waals surface area contributed by atoms with Crippen LogP contribution in [0.3, 0.4) is 0 Å². The fourth-order valence-corrected chi connectivity index (χ4v) is 2.58. The summed E-state index contributed by atoms with van der Waals surface area (Å²) < 4.78 is 11.7. The number of hydrogen-bond donors (Lipinski definition) is 2. The van der Waals surface area contributed by atoms with Crippen LogP contribution in [0.25, 0.3) is 0 Å². The number of ether oxygens (including phenoxy) is 2. The van der Waals surface area contributed by atoms with Gasteiger partial charge >= 0.3 is 0 Å². The van der Waals surface area contributed by atoms with E-state index >= 15 is 0 Å². The number of nitrogens with one attached hydrogen (secondary N) is 1. The molecule has 4 nitrogen and oxygen atoms in total.